The van der Waals surface area contributed by atoms with Gasteiger partial charge in [-0.2, -0.15) is 0 Å². The fourth-order valence-corrected chi connectivity index (χ4v) is 2.77. The molecule has 21 heavy (non-hydrogen) atoms. The maximum absolute atomic E-state index is 10.9. The summed E-state index contributed by atoms with van der Waals surface area (Å²) in [4.78, 5) is 14.9. The molecule has 0 radical (unpaired) electrons. The number of hydrogen-bond acceptors (Lipinski definition) is 5. The normalized spacial score (nSPS) is 17.0. The van der Waals surface area contributed by atoms with Crippen molar-refractivity contribution < 1.29 is 10.0 Å². The van der Waals surface area contributed by atoms with Gasteiger partial charge in [0.1, 0.15) is 0 Å². The van der Waals surface area contributed by atoms with E-state index in [-0.39, 0.29) is 16.5 Å². The van der Waals surface area contributed by atoms with Gasteiger partial charge in [-0.1, -0.05) is 11.6 Å². The highest BCUT2D eigenvalue weighted by atomic mass is 35.5. The largest absolute Gasteiger partial charge is 0.502 e. The Labute approximate surface area is 129 Å². The van der Waals surface area contributed by atoms with E-state index >= 15 is 0 Å². The van der Waals surface area contributed by atoms with E-state index in [2.05, 4.69) is 16.8 Å². The summed E-state index contributed by atoms with van der Waals surface area (Å²) >= 11 is 5.88. The lowest BCUT2D eigenvalue weighted by Gasteiger charge is -2.32. The predicted octanol–water partition coefficient (Wildman–Crippen LogP) is 2.13. The van der Waals surface area contributed by atoms with Crippen LogP contribution in [0.15, 0.2) is 12.1 Å². The number of aryl methyl sites for hydroxylation is 1. The molecule has 1 N–H and O–H groups in total. The van der Waals surface area contributed by atoms with Gasteiger partial charge in [0.05, 0.1) is 4.92 Å². The molecule has 1 aromatic rings. The molecule has 0 aliphatic carbocycles. The van der Waals surface area contributed by atoms with Gasteiger partial charge in [0, 0.05) is 42.8 Å². The summed E-state index contributed by atoms with van der Waals surface area (Å²) in [5.41, 5.74) is 0.223. The molecular formula is C14H20ClN3O3. The summed E-state index contributed by atoms with van der Waals surface area (Å²) < 4.78 is 0. The molecule has 0 aromatic heterocycles. The van der Waals surface area contributed by atoms with Crippen LogP contribution in [-0.2, 0) is 6.42 Å². The Balaban J connectivity index is 1.92. The van der Waals surface area contributed by atoms with Crippen molar-refractivity contribution in [2.45, 2.75) is 12.8 Å². The van der Waals surface area contributed by atoms with Crippen molar-refractivity contribution in [3.63, 3.8) is 0 Å². The lowest BCUT2D eigenvalue weighted by molar-refractivity contribution is -0.385. The first-order valence-electron chi connectivity index (χ1n) is 7.04. The first-order valence-corrected chi connectivity index (χ1v) is 7.42. The van der Waals surface area contributed by atoms with E-state index in [0.717, 1.165) is 39.1 Å². The van der Waals surface area contributed by atoms with Gasteiger partial charge in [-0.3, -0.25) is 10.1 Å². The van der Waals surface area contributed by atoms with E-state index in [1.54, 1.807) is 6.07 Å². The number of phenolic OH excluding ortho intramolecular Hbond substituents is 1. The maximum Gasteiger partial charge on any atom is 0.312 e. The highest BCUT2D eigenvalue weighted by molar-refractivity contribution is 6.31. The number of rotatable bonds is 5. The number of hydrogen-bond donors (Lipinski definition) is 1. The van der Waals surface area contributed by atoms with Crippen LogP contribution in [0.4, 0.5) is 5.69 Å². The summed E-state index contributed by atoms with van der Waals surface area (Å²) in [6, 6.07) is 2.79. The van der Waals surface area contributed by atoms with Gasteiger partial charge in [-0.25, -0.2) is 0 Å². The first-order chi connectivity index (χ1) is 9.97. The molecule has 1 aliphatic rings. The van der Waals surface area contributed by atoms with Gasteiger partial charge in [-0.05, 0) is 32.5 Å². The lowest BCUT2D eigenvalue weighted by atomic mass is 10.1. The third-order valence-electron chi connectivity index (χ3n) is 3.85. The highest BCUT2D eigenvalue weighted by Crippen LogP contribution is 2.33. The molecule has 1 aliphatic heterocycles. The van der Waals surface area contributed by atoms with Crippen LogP contribution in [0.3, 0.4) is 0 Å². The number of halogens is 1. The van der Waals surface area contributed by atoms with Gasteiger partial charge in [0.25, 0.3) is 0 Å². The summed E-state index contributed by atoms with van der Waals surface area (Å²) in [7, 11) is 2.11. The molecule has 116 valence electrons. The van der Waals surface area contributed by atoms with E-state index in [9.17, 15) is 15.2 Å². The fraction of sp³-hybridized carbons (Fsp3) is 0.571. The lowest BCUT2D eigenvalue weighted by Crippen LogP contribution is -2.44. The predicted molar refractivity (Wildman–Crippen MR) is 82.0 cm³/mol. The molecular weight excluding hydrogens is 294 g/mol. The molecule has 1 fully saturated rings. The van der Waals surface area contributed by atoms with Crippen LogP contribution in [0.25, 0.3) is 0 Å². The van der Waals surface area contributed by atoms with Crippen LogP contribution in [-0.4, -0.2) is 59.6 Å². The molecule has 0 spiro atoms. The zero-order chi connectivity index (χ0) is 15.4. The molecule has 0 amide bonds. The maximum atomic E-state index is 10.9. The zero-order valence-electron chi connectivity index (χ0n) is 12.1. The molecule has 1 heterocycles. The SMILES string of the molecule is CN1CCN(CCCc2cc(Cl)cc([N+](=O)[O-])c2O)CC1. The van der Waals surface area contributed by atoms with E-state index in [4.69, 9.17) is 11.6 Å². The molecule has 0 saturated carbocycles. The minimum atomic E-state index is -0.606. The average Bonchev–Trinajstić information content (AvgIpc) is 2.44. The van der Waals surface area contributed by atoms with Crippen LogP contribution in [0.5, 0.6) is 5.75 Å². The van der Waals surface area contributed by atoms with Crippen molar-refractivity contribution in [1.29, 1.82) is 0 Å². The van der Waals surface area contributed by atoms with Crippen molar-refractivity contribution in [3.05, 3.63) is 32.8 Å². The monoisotopic (exact) mass is 313 g/mol. The number of aromatic hydroxyl groups is 1. The smallest absolute Gasteiger partial charge is 0.312 e. The average molecular weight is 314 g/mol. The number of nitrogens with zero attached hydrogens (tertiary/aromatic N) is 3. The standard InChI is InChI=1S/C14H20ClN3O3/c1-16-5-7-17(8-6-16)4-2-3-11-9-12(15)10-13(14(11)19)18(20)21/h9-10,19H,2-8H2,1H3. The van der Waals surface area contributed by atoms with Crippen LogP contribution in [0.2, 0.25) is 5.02 Å². The fourth-order valence-electron chi connectivity index (χ4n) is 2.53. The summed E-state index contributed by atoms with van der Waals surface area (Å²) in [6.07, 6.45) is 1.42. The molecule has 7 heteroatoms. The molecule has 2 rings (SSSR count). The van der Waals surface area contributed by atoms with E-state index in [0.29, 0.717) is 12.0 Å². The zero-order valence-corrected chi connectivity index (χ0v) is 12.8. The van der Waals surface area contributed by atoms with Crippen molar-refractivity contribution in [2.75, 3.05) is 39.8 Å². The van der Waals surface area contributed by atoms with Crippen LogP contribution >= 0.6 is 11.6 Å². The first kappa shape index (κ1) is 16.0. The van der Waals surface area contributed by atoms with Crippen LogP contribution in [0.1, 0.15) is 12.0 Å². The third-order valence-corrected chi connectivity index (χ3v) is 4.06. The van der Waals surface area contributed by atoms with Crippen molar-refractivity contribution in [2.24, 2.45) is 0 Å². The second kappa shape index (κ2) is 7.06. The summed E-state index contributed by atoms with van der Waals surface area (Å²) in [5.74, 6) is -0.261. The van der Waals surface area contributed by atoms with E-state index in [1.807, 2.05) is 0 Å². The van der Waals surface area contributed by atoms with Crippen molar-refractivity contribution >= 4 is 17.3 Å². The highest BCUT2D eigenvalue weighted by Gasteiger charge is 2.19. The second-order valence-electron chi connectivity index (χ2n) is 5.44. The van der Waals surface area contributed by atoms with E-state index < -0.39 is 4.92 Å². The number of nitro groups is 1. The number of piperazine rings is 1. The second-order valence-corrected chi connectivity index (χ2v) is 5.87. The van der Waals surface area contributed by atoms with Gasteiger partial charge in [-0.15, -0.1) is 0 Å². The number of benzene rings is 1. The molecule has 1 aromatic carbocycles. The van der Waals surface area contributed by atoms with Gasteiger partial charge in [0.2, 0.25) is 0 Å². The van der Waals surface area contributed by atoms with Crippen molar-refractivity contribution in [3.8, 4) is 5.75 Å². The Morgan fingerprint density at radius 3 is 2.62 bits per heavy atom. The summed E-state index contributed by atoms with van der Waals surface area (Å²) in [5, 5.41) is 21.1. The van der Waals surface area contributed by atoms with E-state index in [1.165, 1.54) is 6.07 Å². The molecule has 6 nitrogen and oxygen atoms in total. The van der Waals surface area contributed by atoms with Crippen LogP contribution < -0.4 is 0 Å². The number of likely N-dealkylation sites (N-methyl/N-ethyl adjacent to an activating group) is 1. The third kappa shape index (κ3) is 4.30. The Bertz CT molecular complexity index is 516. The topological polar surface area (TPSA) is 69.9 Å². The van der Waals surface area contributed by atoms with Gasteiger partial charge in [0.15, 0.2) is 5.75 Å². The molecule has 0 atom stereocenters. The molecule has 0 bridgehead atoms. The number of phenols is 1. The minimum Gasteiger partial charge on any atom is -0.502 e. The molecule has 1 saturated heterocycles. The summed E-state index contributed by atoms with van der Waals surface area (Å²) in [6.45, 7) is 5.13. The Morgan fingerprint density at radius 2 is 2.00 bits per heavy atom. The quantitative estimate of drug-likeness (QED) is 0.666. The minimum absolute atomic E-state index is 0.261. The Kier molecular flexibility index (Phi) is 5.39. The van der Waals surface area contributed by atoms with Crippen molar-refractivity contribution in [1.82, 2.24) is 9.80 Å². The Hall–Kier alpha value is -1.37. The van der Waals surface area contributed by atoms with Gasteiger partial charge < -0.3 is 14.9 Å². The van der Waals surface area contributed by atoms with Gasteiger partial charge >= 0.3 is 5.69 Å². The Morgan fingerprint density at radius 1 is 1.33 bits per heavy atom. The molecule has 0 unspecified atom stereocenters. The number of nitro benzene ring substituents is 1. The van der Waals surface area contributed by atoms with Crippen LogP contribution in [0, 0.1) is 10.1 Å².